The predicted octanol–water partition coefficient (Wildman–Crippen LogP) is 3.87. The third kappa shape index (κ3) is 20.4. The molecule has 2 aromatic rings. The minimum absolute atomic E-state index is 0.0503. The van der Waals surface area contributed by atoms with E-state index in [4.69, 9.17) is 18.0 Å². The highest BCUT2D eigenvalue weighted by Crippen LogP contribution is 2.27. The van der Waals surface area contributed by atoms with Crippen molar-refractivity contribution in [1.82, 2.24) is 60.5 Å². The number of fused-ring (bicyclic) bond motifs is 1. The van der Waals surface area contributed by atoms with Crippen LogP contribution in [-0.2, 0) is 70.4 Å². The van der Waals surface area contributed by atoms with Gasteiger partial charge in [-0.15, -0.1) is 12.3 Å². The van der Waals surface area contributed by atoms with Crippen LogP contribution in [0, 0.1) is 33.7 Å². The SMILES string of the molecule is C#CC[C@@H]1NC(=O)[C@H](Cc2cccc(I)c2)NC(=O)CN(C)C(=O)[C@H](Cc2ccc(Cl)cc2)N(C)C(=O)[C@@H]2CCN2C(=O)[C@H](C)N(C)C(=O)[C@H]([C@@H](C)CC)NC(=O)[C@H](CC(C)C)N(C)C(=O)C[C@@H](C(=O)N2CCCCC2)N(C)C(=O)[C@H](CC(C)C)NC(=O)C(C)(C)N(C)C1=O. The highest BCUT2D eigenvalue weighted by Gasteiger charge is 2.47. The Morgan fingerprint density at radius 2 is 1.29 bits per heavy atom. The van der Waals surface area contributed by atoms with Crippen LogP contribution in [0.3, 0.4) is 0 Å². The van der Waals surface area contributed by atoms with Crippen molar-refractivity contribution in [3.05, 3.63) is 68.3 Å². The van der Waals surface area contributed by atoms with Gasteiger partial charge in [0.1, 0.15) is 59.9 Å². The number of terminal acetylenes is 1. The van der Waals surface area contributed by atoms with E-state index in [1.807, 2.05) is 40.7 Å². The van der Waals surface area contributed by atoms with Crippen LogP contribution in [0.1, 0.15) is 131 Å². The molecular formula is C69H100ClIN12O12. The molecule has 0 saturated carbocycles. The Morgan fingerprint density at radius 3 is 1.86 bits per heavy atom. The summed E-state index contributed by atoms with van der Waals surface area (Å²) >= 11 is 8.37. The van der Waals surface area contributed by atoms with Gasteiger partial charge in [0.15, 0.2) is 0 Å². The number of benzene rings is 2. The zero-order valence-electron chi connectivity index (χ0n) is 58.0. The summed E-state index contributed by atoms with van der Waals surface area (Å²) in [7, 11) is 8.38. The number of hydrogen-bond donors (Lipinski definition) is 4. The van der Waals surface area contributed by atoms with Gasteiger partial charge in [-0.2, -0.15) is 0 Å². The molecule has 0 unspecified atom stereocenters. The molecule has 0 bridgehead atoms. The van der Waals surface area contributed by atoms with Gasteiger partial charge in [-0.1, -0.05) is 83.8 Å². The van der Waals surface area contributed by atoms with E-state index < -0.39 is 150 Å². The van der Waals surface area contributed by atoms with E-state index in [2.05, 4.69) is 49.8 Å². The second-order valence-electron chi connectivity index (χ2n) is 27.1. The minimum Gasteiger partial charge on any atom is -0.342 e. The molecule has 2 aromatic carbocycles. The second kappa shape index (κ2) is 35.1. The van der Waals surface area contributed by atoms with Gasteiger partial charge in [-0.3, -0.25) is 57.5 Å². The zero-order valence-corrected chi connectivity index (χ0v) is 60.9. The number of amides is 12. The number of likely N-dealkylation sites (tertiary alicyclic amines) is 1. The van der Waals surface area contributed by atoms with Crippen LogP contribution < -0.4 is 21.3 Å². The highest BCUT2D eigenvalue weighted by atomic mass is 127. The smallest absolute Gasteiger partial charge is 0.246 e. The fourth-order valence-corrected chi connectivity index (χ4v) is 12.7. The number of carbonyl (C=O) groups excluding carboxylic acids is 12. The Balaban J connectivity index is 1.63. The number of nitrogens with one attached hydrogen (secondary N) is 4. The molecule has 95 heavy (non-hydrogen) atoms. The van der Waals surface area contributed by atoms with Gasteiger partial charge in [0.2, 0.25) is 70.9 Å². The first-order chi connectivity index (χ1) is 44.5. The second-order valence-corrected chi connectivity index (χ2v) is 28.7. The molecule has 3 aliphatic heterocycles. The van der Waals surface area contributed by atoms with Gasteiger partial charge in [0.05, 0.1) is 13.0 Å². The Bertz CT molecular complexity index is 3170. The average Bonchev–Trinajstić information content (AvgIpc) is 0.743. The van der Waals surface area contributed by atoms with E-state index in [-0.39, 0.29) is 56.9 Å². The van der Waals surface area contributed by atoms with Gasteiger partial charge in [-0.05, 0) is 135 Å². The third-order valence-corrected chi connectivity index (χ3v) is 19.7. The zero-order chi connectivity index (χ0) is 71.1. The molecule has 3 aliphatic rings. The molecule has 522 valence electrons. The van der Waals surface area contributed by atoms with Crippen LogP contribution in [0.5, 0.6) is 0 Å². The summed E-state index contributed by atoms with van der Waals surface area (Å²) in [5, 5.41) is 11.6. The number of halogens is 2. The van der Waals surface area contributed by atoms with E-state index in [1.54, 1.807) is 54.3 Å². The van der Waals surface area contributed by atoms with Crippen LogP contribution in [0.4, 0.5) is 0 Å². The van der Waals surface area contributed by atoms with Gasteiger partial charge in [0, 0.05) is 89.8 Å². The molecule has 3 heterocycles. The Labute approximate surface area is 579 Å². The number of nitrogens with zero attached hydrogens (tertiary/aromatic N) is 8. The van der Waals surface area contributed by atoms with Gasteiger partial charge in [-0.25, -0.2) is 0 Å². The molecule has 10 atom stereocenters. The van der Waals surface area contributed by atoms with E-state index >= 15 is 4.79 Å². The summed E-state index contributed by atoms with van der Waals surface area (Å²) in [5.74, 6) is -6.69. The Kier molecular flexibility index (Phi) is 28.9. The maximum atomic E-state index is 15.1. The van der Waals surface area contributed by atoms with Crippen LogP contribution in [0.2, 0.25) is 5.02 Å². The molecule has 0 spiro atoms. The number of likely N-dealkylation sites (N-methyl/N-ethyl adjacent to an activating group) is 6. The fourth-order valence-electron chi connectivity index (χ4n) is 11.9. The summed E-state index contributed by atoms with van der Waals surface area (Å²) in [6.07, 6.45) is 7.82. The standard InChI is InChI=1S/C69H100ClIN12O12/c1-17-23-49-63(90)81(16)69(9,10)68(95)74-51(34-41(3)4)62(89)79(14)55(66(93)82-31-20-19-21-32-82)39-57(85)78(13)53(35-42(5)6)60(87)75-58(43(7)18-2)67(94)77(12)44(8)61(88)83-33-30-52(83)65(92)80(15)54(38-45-26-28-47(70)29-27-45)64(91)76(11)40-56(84)72-50(59(86)73-49)37-46-24-22-25-48(71)36-46/h1,22,24-29,36,41-44,49-55,58H,18-21,23,30-35,37-40H2,2-16H3,(H,72,84)(H,73,86)(H,74,95)(H,75,87)/t43-,44-,49-,50-,51-,52-,53-,54-,55-,58-/m0/s1. The lowest BCUT2D eigenvalue weighted by molar-refractivity contribution is -0.160. The molecule has 5 rings (SSSR count). The first kappa shape index (κ1) is 78.4. The van der Waals surface area contributed by atoms with Crippen molar-refractivity contribution in [2.45, 2.75) is 193 Å². The van der Waals surface area contributed by atoms with Crippen molar-refractivity contribution in [3.63, 3.8) is 0 Å². The molecule has 24 nitrogen and oxygen atoms in total. The lowest BCUT2D eigenvalue weighted by atomic mass is 9.94. The van der Waals surface area contributed by atoms with Crippen LogP contribution in [0.15, 0.2) is 48.5 Å². The Hall–Kier alpha value is -7.34. The predicted molar refractivity (Wildman–Crippen MR) is 369 cm³/mol. The lowest BCUT2D eigenvalue weighted by Gasteiger charge is -2.45. The molecule has 0 aromatic heterocycles. The summed E-state index contributed by atoms with van der Waals surface area (Å²) < 4.78 is 0.820. The van der Waals surface area contributed by atoms with Crippen LogP contribution in [-0.4, -0.2) is 238 Å². The van der Waals surface area contributed by atoms with E-state index in [0.29, 0.717) is 48.5 Å². The van der Waals surface area contributed by atoms with Crippen molar-refractivity contribution < 1.29 is 57.5 Å². The van der Waals surface area contributed by atoms with Crippen LogP contribution in [0.25, 0.3) is 0 Å². The van der Waals surface area contributed by atoms with Gasteiger partial charge < -0.3 is 60.5 Å². The van der Waals surface area contributed by atoms with Crippen molar-refractivity contribution in [2.24, 2.45) is 17.8 Å². The Morgan fingerprint density at radius 1 is 0.663 bits per heavy atom. The molecule has 3 saturated heterocycles. The summed E-state index contributed by atoms with van der Waals surface area (Å²) in [6, 6.07) is 2.34. The number of carbonyl (C=O) groups is 12. The minimum atomic E-state index is -1.76. The molecule has 0 aliphatic carbocycles. The van der Waals surface area contributed by atoms with Crippen molar-refractivity contribution >= 4 is 105 Å². The topological polar surface area (TPSA) is 279 Å². The van der Waals surface area contributed by atoms with Gasteiger partial charge in [0.25, 0.3) is 0 Å². The van der Waals surface area contributed by atoms with E-state index in [1.165, 1.54) is 82.7 Å². The number of piperidine rings is 1. The molecule has 4 N–H and O–H groups in total. The molecule has 0 radical (unpaired) electrons. The van der Waals surface area contributed by atoms with Crippen molar-refractivity contribution in [3.8, 4) is 12.3 Å². The first-order valence-corrected chi connectivity index (χ1v) is 34.3. The number of hydrogen-bond acceptors (Lipinski definition) is 12. The molecule has 26 heteroatoms. The summed E-state index contributed by atoms with van der Waals surface area (Å²) in [6.45, 7) is 15.7. The first-order valence-electron chi connectivity index (χ1n) is 32.9. The quantitative estimate of drug-likeness (QED) is 0.174. The monoisotopic (exact) mass is 1450 g/mol. The summed E-state index contributed by atoms with van der Waals surface area (Å²) in [4.78, 5) is 187. The van der Waals surface area contributed by atoms with Crippen molar-refractivity contribution in [1.29, 1.82) is 0 Å². The van der Waals surface area contributed by atoms with E-state index in [0.717, 1.165) is 24.7 Å². The largest absolute Gasteiger partial charge is 0.342 e. The van der Waals surface area contributed by atoms with E-state index in [9.17, 15) is 52.7 Å². The molecular weight excluding hydrogens is 1350 g/mol. The maximum absolute atomic E-state index is 15.1. The molecule has 12 amide bonds. The molecule has 3 fully saturated rings. The average molecular weight is 1450 g/mol. The highest BCUT2D eigenvalue weighted by molar-refractivity contribution is 14.1. The fraction of sp³-hybridized carbons (Fsp3) is 0.623. The maximum Gasteiger partial charge on any atom is 0.246 e. The van der Waals surface area contributed by atoms with Crippen molar-refractivity contribution in [2.75, 3.05) is 68.5 Å². The van der Waals surface area contributed by atoms with Gasteiger partial charge >= 0.3 is 0 Å². The summed E-state index contributed by atoms with van der Waals surface area (Å²) in [5.41, 5.74) is -0.525. The lowest BCUT2D eigenvalue weighted by Crippen LogP contribution is -2.65. The normalized spacial score (nSPS) is 25.7. The third-order valence-electron chi connectivity index (χ3n) is 18.8. The number of rotatable bonds is 12. The van der Waals surface area contributed by atoms with Crippen LogP contribution >= 0.6 is 34.2 Å².